The van der Waals surface area contributed by atoms with E-state index in [1.165, 1.54) is 11.3 Å². The quantitative estimate of drug-likeness (QED) is 0.804. The summed E-state index contributed by atoms with van der Waals surface area (Å²) in [5, 5.41) is 7.42. The van der Waals surface area contributed by atoms with Crippen LogP contribution in [0.2, 0.25) is 0 Å². The molecule has 0 unspecified atom stereocenters. The number of H-pyrrole nitrogens is 1. The lowest BCUT2D eigenvalue weighted by Crippen LogP contribution is -2.02. The summed E-state index contributed by atoms with van der Waals surface area (Å²) in [6.07, 6.45) is 1.73. The molecule has 0 saturated heterocycles. The van der Waals surface area contributed by atoms with Crippen LogP contribution in [-0.4, -0.2) is 24.4 Å². The molecule has 2 aromatic heterocycles. The Morgan fingerprint density at radius 3 is 2.70 bits per heavy atom. The van der Waals surface area contributed by atoms with Gasteiger partial charge in [-0.2, -0.15) is 5.10 Å². The number of aromatic amines is 1. The van der Waals surface area contributed by atoms with Crippen molar-refractivity contribution in [1.82, 2.24) is 10.2 Å². The van der Waals surface area contributed by atoms with E-state index in [4.69, 9.17) is 9.47 Å². The molecule has 0 bridgehead atoms. The Labute approximate surface area is 118 Å². The van der Waals surface area contributed by atoms with E-state index in [0.29, 0.717) is 16.9 Å². The second-order valence-electron chi connectivity index (χ2n) is 4.14. The Morgan fingerprint density at radius 1 is 1.20 bits per heavy atom. The van der Waals surface area contributed by atoms with Crippen molar-refractivity contribution >= 4 is 21.4 Å². The molecule has 20 heavy (non-hydrogen) atoms. The molecular weight excluding hydrogens is 276 g/mol. The molecule has 6 heteroatoms. The predicted molar refractivity (Wildman–Crippen MR) is 78.8 cm³/mol. The third-order valence-corrected chi connectivity index (χ3v) is 4.07. The minimum Gasteiger partial charge on any atom is -0.497 e. The molecule has 1 N–H and O–H groups in total. The van der Waals surface area contributed by atoms with Crippen molar-refractivity contribution in [2.45, 2.75) is 0 Å². The van der Waals surface area contributed by atoms with Gasteiger partial charge in [-0.05, 0) is 12.1 Å². The van der Waals surface area contributed by atoms with E-state index in [9.17, 15) is 4.79 Å². The van der Waals surface area contributed by atoms with E-state index in [1.54, 1.807) is 32.5 Å². The van der Waals surface area contributed by atoms with E-state index in [2.05, 4.69) is 10.2 Å². The van der Waals surface area contributed by atoms with Gasteiger partial charge in [-0.25, -0.2) is 0 Å². The first-order valence-electron chi connectivity index (χ1n) is 5.93. The summed E-state index contributed by atoms with van der Waals surface area (Å²) in [4.78, 5) is 13.1. The Morgan fingerprint density at radius 2 is 2.05 bits per heavy atom. The molecule has 0 saturated carbocycles. The van der Waals surface area contributed by atoms with Crippen LogP contribution in [0.3, 0.4) is 0 Å². The third kappa shape index (κ3) is 2.04. The van der Waals surface area contributed by atoms with Gasteiger partial charge < -0.3 is 9.47 Å². The Kier molecular flexibility index (Phi) is 3.15. The minimum absolute atomic E-state index is 0.0868. The van der Waals surface area contributed by atoms with Gasteiger partial charge in [0.05, 0.1) is 24.5 Å². The summed E-state index contributed by atoms with van der Waals surface area (Å²) < 4.78 is 11.3. The van der Waals surface area contributed by atoms with Crippen LogP contribution >= 0.6 is 11.3 Å². The largest absolute Gasteiger partial charge is 0.497 e. The molecule has 0 fully saturated rings. The Balaban J connectivity index is 2.33. The predicted octanol–water partition coefficient (Wildman–Crippen LogP) is 2.67. The smallest absolute Gasteiger partial charge is 0.192 e. The zero-order chi connectivity index (χ0) is 14.1. The Hall–Kier alpha value is -2.34. The molecule has 0 aliphatic heterocycles. The first kappa shape index (κ1) is 12.7. The van der Waals surface area contributed by atoms with Crippen molar-refractivity contribution in [2.75, 3.05) is 14.2 Å². The average molecular weight is 288 g/mol. The summed E-state index contributed by atoms with van der Waals surface area (Å²) in [6.45, 7) is 0. The SMILES string of the molecule is COc1cc(OC)c2c(=O)cc(-c3cc[nH]n3)sc2c1. The van der Waals surface area contributed by atoms with Crippen LogP contribution in [0.25, 0.3) is 20.7 Å². The van der Waals surface area contributed by atoms with Crippen LogP contribution in [0.5, 0.6) is 11.5 Å². The molecule has 2 heterocycles. The van der Waals surface area contributed by atoms with E-state index in [-0.39, 0.29) is 5.43 Å². The maximum atomic E-state index is 12.3. The van der Waals surface area contributed by atoms with Gasteiger partial charge in [-0.15, -0.1) is 11.3 Å². The van der Waals surface area contributed by atoms with Gasteiger partial charge in [0.15, 0.2) is 5.43 Å². The van der Waals surface area contributed by atoms with Crippen molar-refractivity contribution < 1.29 is 9.47 Å². The van der Waals surface area contributed by atoms with Crippen molar-refractivity contribution in [3.05, 3.63) is 40.7 Å². The van der Waals surface area contributed by atoms with E-state index in [0.717, 1.165) is 15.3 Å². The summed E-state index contributed by atoms with van der Waals surface area (Å²) in [5.74, 6) is 1.18. The van der Waals surface area contributed by atoms with E-state index in [1.807, 2.05) is 12.1 Å². The summed E-state index contributed by atoms with van der Waals surface area (Å²) in [7, 11) is 3.13. The maximum Gasteiger partial charge on any atom is 0.192 e. The van der Waals surface area contributed by atoms with Crippen LogP contribution in [0.4, 0.5) is 0 Å². The highest BCUT2D eigenvalue weighted by atomic mass is 32.1. The van der Waals surface area contributed by atoms with Crippen molar-refractivity contribution in [2.24, 2.45) is 0 Å². The number of rotatable bonds is 3. The molecule has 3 aromatic rings. The number of methoxy groups -OCH3 is 2. The number of benzene rings is 1. The number of hydrogen-bond acceptors (Lipinski definition) is 5. The number of nitrogens with zero attached hydrogens (tertiary/aromatic N) is 1. The lowest BCUT2D eigenvalue weighted by Gasteiger charge is -2.08. The fourth-order valence-electron chi connectivity index (χ4n) is 2.03. The first-order chi connectivity index (χ1) is 9.72. The first-order valence-corrected chi connectivity index (χ1v) is 6.74. The standard InChI is InChI=1S/C14H12N2O3S/c1-18-8-5-11(19-2)14-10(17)7-12(20-13(14)6-8)9-3-4-15-16-9/h3-7H,1-2H3,(H,15,16). The fourth-order valence-corrected chi connectivity index (χ4v) is 3.13. The molecular formula is C14H12N2O3S. The second-order valence-corrected chi connectivity index (χ2v) is 5.22. The van der Waals surface area contributed by atoms with Crippen molar-refractivity contribution in [1.29, 1.82) is 0 Å². The van der Waals surface area contributed by atoms with Crippen LogP contribution in [0.1, 0.15) is 0 Å². The monoisotopic (exact) mass is 288 g/mol. The number of aromatic nitrogens is 2. The molecule has 5 nitrogen and oxygen atoms in total. The highest BCUT2D eigenvalue weighted by molar-refractivity contribution is 7.21. The zero-order valence-corrected chi connectivity index (χ0v) is 11.8. The number of ether oxygens (including phenoxy) is 2. The van der Waals surface area contributed by atoms with Crippen LogP contribution in [-0.2, 0) is 0 Å². The molecule has 1 aromatic carbocycles. The lowest BCUT2D eigenvalue weighted by molar-refractivity contribution is 0.398. The molecule has 102 valence electrons. The third-order valence-electron chi connectivity index (χ3n) is 2.98. The van der Waals surface area contributed by atoms with Gasteiger partial charge in [0.2, 0.25) is 0 Å². The fraction of sp³-hybridized carbons (Fsp3) is 0.143. The molecule has 0 amide bonds. The molecule has 0 spiro atoms. The van der Waals surface area contributed by atoms with Crippen LogP contribution in [0.15, 0.2) is 35.3 Å². The highest BCUT2D eigenvalue weighted by Gasteiger charge is 2.12. The van der Waals surface area contributed by atoms with Crippen molar-refractivity contribution in [3.63, 3.8) is 0 Å². The minimum atomic E-state index is -0.0868. The number of hydrogen-bond donors (Lipinski definition) is 1. The maximum absolute atomic E-state index is 12.3. The van der Waals surface area contributed by atoms with Gasteiger partial charge in [-0.1, -0.05) is 0 Å². The normalized spacial score (nSPS) is 10.7. The van der Waals surface area contributed by atoms with Crippen LogP contribution < -0.4 is 14.9 Å². The lowest BCUT2D eigenvalue weighted by atomic mass is 10.2. The highest BCUT2D eigenvalue weighted by Crippen LogP contribution is 2.34. The molecule has 3 rings (SSSR count). The average Bonchev–Trinajstić information content (AvgIpc) is 2.99. The van der Waals surface area contributed by atoms with Gasteiger partial charge >= 0.3 is 0 Å². The molecule has 0 atom stereocenters. The van der Waals surface area contributed by atoms with Gasteiger partial charge in [0, 0.05) is 23.0 Å². The van der Waals surface area contributed by atoms with E-state index >= 15 is 0 Å². The van der Waals surface area contributed by atoms with E-state index < -0.39 is 0 Å². The van der Waals surface area contributed by atoms with Gasteiger partial charge in [0.1, 0.15) is 17.2 Å². The Bertz CT molecular complexity index is 809. The topological polar surface area (TPSA) is 64.2 Å². The number of nitrogens with one attached hydrogen (secondary N) is 1. The van der Waals surface area contributed by atoms with Gasteiger partial charge in [-0.3, -0.25) is 9.89 Å². The summed E-state index contributed by atoms with van der Waals surface area (Å²) in [5.41, 5.74) is 0.659. The molecule has 0 aliphatic rings. The van der Waals surface area contributed by atoms with Crippen molar-refractivity contribution in [3.8, 4) is 22.1 Å². The summed E-state index contributed by atoms with van der Waals surface area (Å²) in [6, 6.07) is 6.96. The summed E-state index contributed by atoms with van der Waals surface area (Å²) >= 11 is 1.48. The number of fused-ring (bicyclic) bond motifs is 1. The molecule has 0 aliphatic carbocycles. The second kappa shape index (κ2) is 4.97. The molecule has 0 radical (unpaired) electrons. The van der Waals surface area contributed by atoms with Gasteiger partial charge in [0.25, 0.3) is 0 Å². The zero-order valence-electron chi connectivity index (χ0n) is 11.0. The van der Waals surface area contributed by atoms with Crippen LogP contribution in [0, 0.1) is 0 Å².